The average Bonchev–Trinajstić information content (AvgIpc) is 3.56. The van der Waals surface area contributed by atoms with Crippen molar-refractivity contribution in [3.63, 3.8) is 0 Å². The highest BCUT2D eigenvalue weighted by Gasteiger charge is 2.38. The molecule has 0 aliphatic carbocycles. The molecule has 1 aliphatic rings. The maximum Gasteiger partial charge on any atom is 0.292 e. The number of halogens is 1. The molecule has 0 radical (unpaired) electrons. The van der Waals surface area contributed by atoms with Gasteiger partial charge in [-0.15, -0.1) is 0 Å². The molecule has 1 aliphatic heterocycles. The Morgan fingerprint density at radius 2 is 2.00 bits per heavy atom. The molecule has 0 fully saturated rings. The van der Waals surface area contributed by atoms with E-state index in [9.17, 15) is 9.18 Å². The quantitative estimate of drug-likeness (QED) is 0.449. The van der Waals surface area contributed by atoms with Gasteiger partial charge in [-0.05, 0) is 30.3 Å². The van der Waals surface area contributed by atoms with Gasteiger partial charge < -0.3 is 18.7 Å². The van der Waals surface area contributed by atoms with Crippen LogP contribution in [-0.2, 0) is 6.42 Å². The number of imidazole rings is 1. The Morgan fingerprint density at radius 1 is 1.09 bits per heavy atom. The molecule has 0 spiro atoms. The summed E-state index contributed by atoms with van der Waals surface area (Å²) < 4.78 is 25.4. The van der Waals surface area contributed by atoms with Crippen molar-refractivity contribution in [2.24, 2.45) is 0 Å². The monoisotopic (exact) mass is 428 g/mol. The molecular weight excluding hydrogens is 411 g/mol. The van der Waals surface area contributed by atoms with E-state index in [0.717, 1.165) is 22.4 Å². The second-order valence-corrected chi connectivity index (χ2v) is 7.64. The Labute approximate surface area is 181 Å². The summed E-state index contributed by atoms with van der Waals surface area (Å²) in [4.78, 5) is 27.0. The number of fused-ring (bicyclic) bond motifs is 2. The zero-order valence-electron chi connectivity index (χ0n) is 16.8. The predicted molar refractivity (Wildman–Crippen MR) is 113 cm³/mol. The summed E-state index contributed by atoms with van der Waals surface area (Å²) in [7, 11) is 0. The van der Waals surface area contributed by atoms with Gasteiger partial charge in [0, 0.05) is 29.6 Å². The molecule has 8 heteroatoms. The van der Waals surface area contributed by atoms with Crippen molar-refractivity contribution in [1.82, 2.24) is 19.9 Å². The predicted octanol–water partition coefficient (Wildman–Crippen LogP) is 4.74. The van der Waals surface area contributed by atoms with Crippen molar-refractivity contribution in [3.8, 4) is 11.5 Å². The summed E-state index contributed by atoms with van der Waals surface area (Å²) in [5.74, 6) is 0.146. The third-order valence-corrected chi connectivity index (χ3v) is 5.69. The van der Waals surface area contributed by atoms with Crippen LogP contribution >= 0.6 is 0 Å². The number of aromatic nitrogens is 3. The van der Waals surface area contributed by atoms with Crippen LogP contribution in [0.5, 0.6) is 0 Å². The first-order valence-corrected chi connectivity index (χ1v) is 10.2. The molecule has 1 N–H and O–H groups in total. The van der Waals surface area contributed by atoms with Gasteiger partial charge in [-0.25, -0.2) is 14.4 Å². The summed E-state index contributed by atoms with van der Waals surface area (Å²) in [5, 5.41) is 0.950. The standard InChI is InChI=1S/C24H17FN4O3/c25-16-6-3-5-15(10-16)23-26-12-20(32-23)24(30)29-9-8-17-21(28-13-27-17)22(29)19-11-14-4-1-2-7-18(14)31-19/h1-7,10-13,22H,8-9H2,(H,27,28)/t22-/m1/s1. The Bertz CT molecular complexity index is 1420. The Hall–Kier alpha value is -4.20. The zero-order valence-corrected chi connectivity index (χ0v) is 16.8. The molecule has 4 heterocycles. The molecule has 158 valence electrons. The van der Waals surface area contributed by atoms with Crippen LogP contribution in [-0.4, -0.2) is 32.3 Å². The number of hydrogen-bond donors (Lipinski definition) is 1. The molecule has 7 nitrogen and oxygen atoms in total. The molecule has 32 heavy (non-hydrogen) atoms. The van der Waals surface area contributed by atoms with E-state index >= 15 is 0 Å². The van der Waals surface area contributed by atoms with Crippen LogP contribution in [0.15, 0.2) is 76.0 Å². The summed E-state index contributed by atoms with van der Waals surface area (Å²) in [5.41, 5.74) is 2.92. The van der Waals surface area contributed by atoms with Crippen molar-refractivity contribution in [3.05, 3.63) is 95.8 Å². The molecule has 0 bridgehead atoms. The molecule has 1 amide bonds. The molecule has 0 saturated carbocycles. The van der Waals surface area contributed by atoms with Gasteiger partial charge in [0.25, 0.3) is 5.91 Å². The first-order valence-electron chi connectivity index (χ1n) is 10.2. The number of rotatable bonds is 3. The Balaban J connectivity index is 1.39. The van der Waals surface area contributed by atoms with E-state index < -0.39 is 11.9 Å². The van der Waals surface area contributed by atoms with Gasteiger partial charge in [0.05, 0.1) is 18.2 Å². The molecular formula is C24H17FN4O3. The summed E-state index contributed by atoms with van der Waals surface area (Å²) in [6.45, 7) is 0.450. The number of carbonyl (C=O) groups is 1. The number of benzene rings is 2. The van der Waals surface area contributed by atoms with E-state index in [4.69, 9.17) is 8.83 Å². The van der Waals surface area contributed by atoms with Crippen molar-refractivity contribution in [1.29, 1.82) is 0 Å². The summed E-state index contributed by atoms with van der Waals surface area (Å²) in [6.07, 6.45) is 3.63. The van der Waals surface area contributed by atoms with Crippen molar-refractivity contribution in [2.45, 2.75) is 12.5 Å². The van der Waals surface area contributed by atoms with E-state index in [1.165, 1.54) is 18.3 Å². The minimum atomic E-state index is -0.507. The van der Waals surface area contributed by atoms with Crippen LogP contribution in [0.3, 0.4) is 0 Å². The molecule has 2 aromatic carbocycles. The maximum absolute atomic E-state index is 13.6. The summed E-state index contributed by atoms with van der Waals surface area (Å²) in [6, 6.07) is 15.0. The minimum Gasteiger partial charge on any atom is -0.458 e. The van der Waals surface area contributed by atoms with Crippen LogP contribution in [0.2, 0.25) is 0 Å². The number of nitrogens with one attached hydrogen (secondary N) is 1. The van der Waals surface area contributed by atoms with Crippen LogP contribution in [0.25, 0.3) is 22.4 Å². The molecule has 0 unspecified atom stereocenters. The lowest BCUT2D eigenvalue weighted by Gasteiger charge is -2.33. The first kappa shape index (κ1) is 18.6. The molecule has 0 saturated heterocycles. The second-order valence-electron chi connectivity index (χ2n) is 7.64. The maximum atomic E-state index is 13.6. The normalized spacial score (nSPS) is 15.8. The van der Waals surface area contributed by atoms with Gasteiger partial charge in [0.15, 0.2) is 0 Å². The molecule has 3 aromatic heterocycles. The Kier molecular flexibility index (Phi) is 4.17. The van der Waals surface area contributed by atoms with Crippen molar-refractivity contribution < 1.29 is 18.0 Å². The fourth-order valence-electron chi connectivity index (χ4n) is 4.19. The number of carbonyl (C=O) groups excluding carboxylic acids is 1. The van der Waals surface area contributed by atoms with E-state index in [0.29, 0.717) is 24.3 Å². The second kappa shape index (κ2) is 7.19. The number of H-pyrrole nitrogens is 1. The number of aromatic amines is 1. The lowest BCUT2D eigenvalue weighted by Crippen LogP contribution is -2.40. The fourth-order valence-corrected chi connectivity index (χ4v) is 4.19. The van der Waals surface area contributed by atoms with Gasteiger partial charge in [-0.1, -0.05) is 24.3 Å². The smallest absolute Gasteiger partial charge is 0.292 e. The lowest BCUT2D eigenvalue weighted by molar-refractivity contribution is 0.0641. The number of para-hydroxylation sites is 1. The largest absolute Gasteiger partial charge is 0.458 e. The van der Waals surface area contributed by atoms with Crippen molar-refractivity contribution in [2.75, 3.05) is 6.54 Å². The lowest BCUT2D eigenvalue weighted by atomic mass is 10.00. The highest BCUT2D eigenvalue weighted by Crippen LogP contribution is 2.37. The Morgan fingerprint density at radius 3 is 2.88 bits per heavy atom. The van der Waals surface area contributed by atoms with Crippen LogP contribution < -0.4 is 0 Å². The number of furan rings is 1. The SMILES string of the molecule is O=C(c1cnc(-c2cccc(F)c2)o1)N1CCc2[nH]cnc2[C@H]1c1cc2ccccc2o1. The van der Waals surface area contributed by atoms with Crippen molar-refractivity contribution >= 4 is 16.9 Å². The average molecular weight is 428 g/mol. The summed E-state index contributed by atoms with van der Waals surface area (Å²) >= 11 is 0. The van der Waals surface area contributed by atoms with Crippen LogP contribution in [0.4, 0.5) is 4.39 Å². The van der Waals surface area contributed by atoms with Crippen LogP contribution in [0.1, 0.15) is 33.7 Å². The topological polar surface area (TPSA) is 88.2 Å². The van der Waals surface area contributed by atoms with E-state index in [1.807, 2.05) is 30.3 Å². The van der Waals surface area contributed by atoms with E-state index in [2.05, 4.69) is 15.0 Å². The van der Waals surface area contributed by atoms with E-state index in [-0.39, 0.29) is 17.6 Å². The zero-order chi connectivity index (χ0) is 21.7. The van der Waals surface area contributed by atoms with E-state index in [1.54, 1.807) is 23.4 Å². The highest BCUT2D eigenvalue weighted by molar-refractivity contribution is 5.92. The van der Waals surface area contributed by atoms with Gasteiger partial charge in [0.1, 0.15) is 23.2 Å². The van der Waals surface area contributed by atoms with Gasteiger partial charge in [-0.2, -0.15) is 0 Å². The number of amides is 1. The van der Waals surface area contributed by atoms with Gasteiger partial charge in [0.2, 0.25) is 11.7 Å². The molecule has 1 atom stereocenters. The number of hydrogen-bond acceptors (Lipinski definition) is 5. The third kappa shape index (κ3) is 2.99. The highest BCUT2D eigenvalue weighted by atomic mass is 19.1. The third-order valence-electron chi connectivity index (χ3n) is 5.69. The van der Waals surface area contributed by atoms with Gasteiger partial charge in [-0.3, -0.25) is 4.79 Å². The first-order chi connectivity index (χ1) is 15.7. The number of oxazole rings is 1. The number of nitrogens with zero attached hydrogens (tertiary/aromatic N) is 3. The van der Waals surface area contributed by atoms with Gasteiger partial charge >= 0.3 is 0 Å². The minimum absolute atomic E-state index is 0.0735. The van der Waals surface area contributed by atoms with Crippen LogP contribution in [0, 0.1) is 5.82 Å². The molecule has 6 rings (SSSR count). The fraction of sp³-hybridized carbons (Fsp3) is 0.125. The molecule has 5 aromatic rings.